The van der Waals surface area contributed by atoms with E-state index in [0.717, 1.165) is 0 Å². The fourth-order valence-electron chi connectivity index (χ4n) is 1.83. The summed E-state index contributed by atoms with van der Waals surface area (Å²) in [5.41, 5.74) is 2.68. The molecule has 0 fully saturated rings. The highest BCUT2D eigenvalue weighted by atomic mass is 35.5. The number of nitrogens with zero attached hydrogens (tertiary/aromatic N) is 2. The Balaban J connectivity index is 1.85. The fourth-order valence-corrected chi connectivity index (χ4v) is 2.14. The number of nitrogens with one attached hydrogen (secondary N) is 2. The molecule has 0 aliphatic carbocycles. The van der Waals surface area contributed by atoms with Crippen LogP contribution >= 0.6 is 23.2 Å². The van der Waals surface area contributed by atoms with Crippen LogP contribution in [0.5, 0.6) is 0 Å². The average molecular weight is 395 g/mol. The van der Waals surface area contributed by atoms with Gasteiger partial charge in [0, 0.05) is 22.2 Å². The Kier molecular flexibility index (Phi) is 6.65. The Bertz CT molecular complexity index is 869. The first kappa shape index (κ1) is 19.4. The van der Waals surface area contributed by atoms with Crippen LogP contribution in [0.1, 0.15) is 15.9 Å². The van der Waals surface area contributed by atoms with Crippen LogP contribution in [-0.2, 0) is 4.79 Å². The van der Waals surface area contributed by atoms with Gasteiger partial charge in [-0.25, -0.2) is 5.43 Å². The van der Waals surface area contributed by atoms with Crippen LogP contribution < -0.4 is 10.7 Å². The molecule has 2 aromatic carbocycles. The number of nitro groups is 1. The van der Waals surface area contributed by atoms with Crippen LogP contribution in [0.2, 0.25) is 10.0 Å². The molecule has 0 heterocycles. The molecule has 0 saturated heterocycles. The lowest BCUT2D eigenvalue weighted by Crippen LogP contribution is -2.34. The van der Waals surface area contributed by atoms with Gasteiger partial charge < -0.3 is 5.32 Å². The number of halogens is 2. The van der Waals surface area contributed by atoms with E-state index in [9.17, 15) is 19.7 Å². The number of benzene rings is 2. The fraction of sp³-hybridized carbons (Fsp3) is 0.0625. The van der Waals surface area contributed by atoms with Gasteiger partial charge in [0.05, 0.1) is 17.7 Å². The zero-order valence-corrected chi connectivity index (χ0v) is 14.6. The molecule has 134 valence electrons. The molecule has 2 N–H and O–H groups in total. The van der Waals surface area contributed by atoms with Crippen LogP contribution in [0.3, 0.4) is 0 Å². The average Bonchev–Trinajstić information content (AvgIpc) is 2.61. The van der Waals surface area contributed by atoms with Crippen molar-refractivity contribution < 1.29 is 14.5 Å². The first-order valence-corrected chi connectivity index (χ1v) is 7.92. The maximum Gasteiger partial charge on any atom is 0.288 e. The summed E-state index contributed by atoms with van der Waals surface area (Å²) >= 11 is 11.4. The number of amides is 2. The summed E-state index contributed by atoms with van der Waals surface area (Å²) in [7, 11) is 0. The number of hydrogen-bond donors (Lipinski definition) is 2. The summed E-state index contributed by atoms with van der Waals surface area (Å²) in [6, 6.07) is 10.3. The molecule has 26 heavy (non-hydrogen) atoms. The molecule has 10 heteroatoms. The second-order valence-electron chi connectivity index (χ2n) is 4.95. The van der Waals surface area contributed by atoms with E-state index in [0.29, 0.717) is 16.1 Å². The summed E-state index contributed by atoms with van der Waals surface area (Å²) in [4.78, 5) is 33.7. The van der Waals surface area contributed by atoms with Gasteiger partial charge in [-0.3, -0.25) is 19.7 Å². The molecule has 0 aliphatic rings. The van der Waals surface area contributed by atoms with Gasteiger partial charge in [-0.15, -0.1) is 0 Å². The van der Waals surface area contributed by atoms with Crippen molar-refractivity contribution in [1.29, 1.82) is 0 Å². The Morgan fingerprint density at radius 3 is 2.50 bits per heavy atom. The predicted octanol–water partition coefficient (Wildman–Crippen LogP) is 2.78. The summed E-state index contributed by atoms with van der Waals surface area (Å²) in [5.74, 6) is -0.999. The molecule has 0 spiro atoms. The van der Waals surface area contributed by atoms with E-state index in [1.54, 1.807) is 12.1 Å². The van der Waals surface area contributed by atoms with E-state index in [-0.39, 0.29) is 17.3 Å². The number of hydrazone groups is 1. The molecule has 0 aliphatic heterocycles. The number of nitro benzene ring substituents is 1. The van der Waals surface area contributed by atoms with Crippen molar-refractivity contribution in [2.45, 2.75) is 0 Å². The van der Waals surface area contributed by atoms with Crippen molar-refractivity contribution in [1.82, 2.24) is 10.7 Å². The maximum atomic E-state index is 11.8. The lowest BCUT2D eigenvalue weighted by atomic mass is 10.2. The van der Waals surface area contributed by atoms with Crippen molar-refractivity contribution in [3.05, 3.63) is 73.8 Å². The molecule has 0 atom stereocenters. The van der Waals surface area contributed by atoms with E-state index in [2.05, 4.69) is 15.8 Å². The van der Waals surface area contributed by atoms with Gasteiger partial charge in [0.15, 0.2) is 0 Å². The SMILES string of the molecule is O=C(CNC(=O)c1ccc(Cl)cc1)NN=Cc1ccc(Cl)c([N+](=O)[O-])c1. The van der Waals surface area contributed by atoms with E-state index in [1.165, 1.54) is 36.5 Å². The molecule has 2 rings (SSSR count). The van der Waals surface area contributed by atoms with E-state index in [4.69, 9.17) is 23.2 Å². The molecule has 0 aromatic heterocycles. The van der Waals surface area contributed by atoms with Crippen molar-refractivity contribution in [2.75, 3.05) is 6.54 Å². The van der Waals surface area contributed by atoms with E-state index < -0.39 is 16.7 Å². The molecular weight excluding hydrogens is 383 g/mol. The molecule has 2 aromatic rings. The minimum absolute atomic E-state index is 0.00102. The Morgan fingerprint density at radius 2 is 1.85 bits per heavy atom. The zero-order valence-electron chi connectivity index (χ0n) is 13.1. The van der Waals surface area contributed by atoms with Crippen LogP contribution in [0.15, 0.2) is 47.6 Å². The highest BCUT2D eigenvalue weighted by Gasteiger charge is 2.12. The van der Waals surface area contributed by atoms with Crippen molar-refractivity contribution in [3.8, 4) is 0 Å². The number of rotatable bonds is 6. The van der Waals surface area contributed by atoms with Crippen LogP contribution in [0, 0.1) is 10.1 Å². The second-order valence-corrected chi connectivity index (χ2v) is 5.79. The van der Waals surface area contributed by atoms with Gasteiger partial charge in [0.25, 0.3) is 17.5 Å². The van der Waals surface area contributed by atoms with Gasteiger partial charge in [0.2, 0.25) is 0 Å². The third-order valence-electron chi connectivity index (χ3n) is 3.09. The van der Waals surface area contributed by atoms with Crippen LogP contribution in [0.25, 0.3) is 0 Å². The summed E-state index contributed by atoms with van der Waals surface area (Å²) < 4.78 is 0. The number of carbonyl (C=O) groups excluding carboxylic acids is 2. The van der Waals surface area contributed by atoms with Gasteiger partial charge in [-0.2, -0.15) is 5.10 Å². The highest BCUT2D eigenvalue weighted by molar-refractivity contribution is 6.32. The zero-order chi connectivity index (χ0) is 19.1. The smallest absolute Gasteiger partial charge is 0.288 e. The van der Waals surface area contributed by atoms with Crippen LogP contribution in [0.4, 0.5) is 5.69 Å². The van der Waals surface area contributed by atoms with Gasteiger partial charge in [-0.05, 0) is 30.3 Å². The van der Waals surface area contributed by atoms with E-state index in [1.807, 2.05) is 0 Å². The van der Waals surface area contributed by atoms with Gasteiger partial charge in [-0.1, -0.05) is 29.3 Å². The molecule has 0 saturated carbocycles. The van der Waals surface area contributed by atoms with E-state index >= 15 is 0 Å². The molecule has 0 unspecified atom stereocenters. The Morgan fingerprint density at radius 1 is 1.15 bits per heavy atom. The van der Waals surface area contributed by atoms with Crippen LogP contribution in [-0.4, -0.2) is 29.5 Å². The largest absolute Gasteiger partial charge is 0.343 e. The lowest BCUT2D eigenvalue weighted by Gasteiger charge is -2.04. The highest BCUT2D eigenvalue weighted by Crippen LogP contribution is 2.24. The predicted molar refractivity (Wildman–Crippen MR) is 97.6 cm³/mol. The summed E-state index contributed by atoms with van der Waals surface area (Å²) in [6.07, 6.45) is 1.22. The monoisotopic (exact) mass is 394 g/mol. The standard InChI is InChI=1S/C16H12Cl2N4O4/c17-12-4-2-11(3-5-12)16(24)19-9-15(23)21-20-8-10-1-6-13(18)14(7-10)22(25)26/h1-8H,9H2,(H,19,24)(H,21,23). The molecule has 0 radical (unpaired) electrons. The minimum Gasteiger partial charge on any atom is -0.343 e. The minimum atomic E-state index is -0.620. The van der Waals surface area contributed by atoms with Crippen molar-refractivity contribution >= 4 is 46.9 Å². The lowest BCUT2D eigenvalue weighted by molar-refractivity contribution is -0.384. The number of hydrogen-bond acceptors (Lipinski definition) is 5. The normalized spacial score (nSPS) is 10.5. The topological polar surface area (TPSA) is 114 Å². The summed E-state index contributed by atoms with van der Waals surface area (Å²) in [5, 5.41) is 17.4. The number of carbonyl (C=O) groups is 2. The van der Waals surface area contributed by atoms with Gasteiger partial charge >= 0.3 is 0 Å². The molecule has 2 amide bonds. The third-order valence-corrected chi connectivity index (χ3v) is 3.66. The Labute approximate surface area is 157 Å². The Hall–Kier alpha value is -2.97. The second kappa shape index (κ2) is 8.93. The van der Waals surface area contributed by atoms with Crippen molar-refractivity contribution in [2.24, 2.45) is 5.10 Å². The first-order valence-electron chi connectivity index (χ1n) is 7.16. The van der Waals surface area contributed by atoms with Crippen molar-refractivity contribution in [3.63, 3.8) is 0 Å². The molecule has 0 bridgehead atoms. The quantitative estimate of drug-likeness (QED) is 0.445. The third kappa shape index (κ3) is 5.54. The summed E-state index contributed by atoms with van der Waals surface area (Å²) in [6.45, 7) is -0.292. The molecular formula is C16H12Cl2N4O4. The maximum absolute atomic E-state index is 11.8. The first-order chi connectivity index (χ1) is 12.4. The van der Waals surface area contributed by atoms with Gasteiger partial charge in [0.1, 0.15) is 5.02 Å². The molecule has 8 nitrogen and oxygen atoms in total.